The van der Waals surface area contributed by atoms with Crippen molar-refractivity contribution in [1.29, 1.82) is 0 Å². The van der Waals surface area contributed by atoms with Gasteiger partial charge in [-0.1, -0.05) is 78.9 Å². The van der Waals surface area contributed by atoms with E-state index in [0.29, 0.717) is 0 Å². The summed E-state index contributed by atoms with van der Waals surface area (Å²) in [5, 5.41) is 8.35. The van der Waals surface area contributed by atoms with Crippen molar-refractivity contribution in [2.75, 3.05) is 0 Å². The van der Waals surface area contributed by atoms with Gasteiger partial charge >= 0.3 is 0 Å². The Morgan fingerprint density at radius 2 is 1.39 bits per heavy atom. The van der Waals surface area contributed by atoms with Crippen molar-refractivity contribution in [3.63, 3.8) is 0 Å². The van der Waals surface area contributed by atoms with E-state index < -0.39 is 0 Å². The Hall–Kier alpha value is -3.12. The van der Waals surface area contributed by atoms with E-state index in [9.17, 15) is 0 Å². The molecule has 0 saturated carbocycles. The molecule has 0 aliphatic rings. The first-order chi connectivity index (χ1) is 13.7. The van der Waals surface area contributed by atoms with Crippen molar-refractivity contribution < 1.29 is 0 Å². The fourth-order valence-electron chi connectivity index (χ4n) is 4.63. The van der Waals surface area contributed by atoms with Crippen molar-refractivity contribution in [3.05, 3.63) is 101 Å². The number of aryl methyl sites for hydroxylation is 2. The van der Waals surface area contributed by atoms with Crippen LogP contribution in [0.25, 0.3) is 38.4 Å². The third kappa shape index (κ3) is 2.60. The molecular weight excluding hydrogens is 336 g/mol. The van der Waals surface area contributed by atoms with Gasteiger partial charge in [0.05, 0.1) is 0 Å². The molecule has 0 nitrogen and oxygen atoms in total. The standard InChI is InChI=1S/C28H24/c1-4-5-20-8-10-21(11-9-20)16-24-17-23-13-6-18(2)25-15-14-22-12-7-19(3)26(24)28(22)27(23)25/h4-15,17H,16H2,1-3H3. The van der Waals surface area contributed by atoms with E-state index in [-0.39, 0.29) is 0 Å². The zero-order chi connectivity index (χ0) is 19.3. The summed E-state index contributed by atoms with van der Waals surface area (Å²) in [5.74, 6) is 0. The molecule has 0 spiro atoms. The number of hydrogen-bond donors (Lipinski definition) is 0. The van der Waals surface area contributed by atoms with Gasteiger partial charge in [-0.25, -0.2) is 0 Å². The minimum atomic E-state index is 0.958. The molecule has 0 aliphatic carbocycles. The van der Waals surface area contributed by atoms with Gasteiger partial charge in [0.25, 0.3) is 0 Å². The van der Waals surface area contributed by atoms with E-state index in [2.05, 4.69) is 99.7 Å². The van der Waals surface area contributed by atoms with Crippen molar-refractivity contribution >= 4 is 38.4 Å². The van der Waals surface area contributed by atoms with Crippen molar-refractivity contribution in [2.45, 2.75) is 27.2 Å². The maximum atomic E-state index is 2.41. The average Bonchev–Trinajstić information content (AvgIpc) is 2.71. The predicted octanol–water partition coefficient (Wildman–Crippen LogP) is 7.82. The Balaban J connectivity index is 1.77. The van der Waals surface area contributed by atoms with E-state index in [1.54, 1.807) is 0 Å². The summed E-state index contributed by atoms with van der Waals surface area (Å²) in [6.07, 6.45) is 5.19. The molecule has 28 heavy (non-hydrogen) atoms. The van der Waals surface area contributed by atoms with Crippen LogP contribution in [-0.4, -0.2) is 0 Å². The molecule has 0 aliphatic heterocycles. The topological polar surface area (TPSA) is 0 Å². The van der Waals surface area contributed by atoms with Gasteiger partial charge in [-0.3, -0.25) is 0 Å². The number of benzene rings is 5. The Labute approximate surface area is 166 Å². The van der Waals surface area contributed by atoms with E-state index in [1.807, 2.05) is 0 Å². The minimum absolute atomic E-state index is 0.958. The molecule has 0 fully saturated rings. The first-order valence-electron chi connectivity index (χ1n) is 10.0. The second kappa shape index (κ2) is 6.49. The number of hydrogen-bond acceptors (Lipinski definition) is 0. The molecule has 0 unspecified atom stereocenters. The van der Waals surface area contributed by atoms with Crippen LogP contribution in [-0.2, 0) is 6.42 Å². The molecule has 0 bridgehead atoms. The van der Waals surface area contributed by atoms with Gasteiger partial charge in [0.1, 0.15) is 0 Å². The average molecular weight is 361 g/mol. The van der Waals surface area contributed by atoms with Crippen molar-refractivity contribution in [3.8, 4) is 0 Å². The molecule has 5 aromatic rings. The lowest BCUT2D eigenvalue weighted by Crippen LogP contribution is -1.96. The Morgan fingerprint density at radius 1 is 0.679 bits per heavy atom. The fourth-order valence-corrected chi connectivity index (χ4v) is 4.63. The summed E-state index contributed by atoms with van der Waals surface area (Å²) in [4.78, 5) is 0. The first-order valence-corrected chi connectivity index (χ1v) is 10.0. The van der Waals surface area contributed by atoms with Gasteiger partial charge in [-0.15, -0.1) is 0 Å². The first kappa shape index (κ1) is 17.0. The zero-order valence-electron chi connectivity index (χ0n) is 16.7. The summed E-state index contributed by atoms with van der Waals surface area (Å²) in [6, 6.07) is 25.0. The van der Waals surface area contributed by atoms with Crippen LogP contribution in [0.5, 0.6) is 0 Å². The molecule has 0 aromatic heterocycles. The molecule has 0 atom stereocenters. The summed E-state index contributed by atoms with van der Waals surface area (Å²) in [7, 11) is 0. The van der Waals surface area contributed by atoms with Crippen LogP contribution in [0.1, 0.15) is 34.7 Å². The van der Waals surface area contributed by atoms with Gasteiger partial charge in [0.15, 0.2) is 0 Å². The third-order valence-corrected chi connectivity index (χ3v) is 6.01. The zero-order valence-corrected chi connectivity index (χ0v) is 16.7. The van der Waals surface area contributed by atoms with Crippen LogP contribution in [0.2, 0.25) is 0 Å². The van der Waals surface area contributed by atoms with Crippen LogP contribution in [0, 0.1) is 13.8 Å². The lowest BCUT2D eigenvalue weighted by molar-refractivity contribution is 1.21. The van der Waals surface area contributed by atoms with Crippen LogP contribution in [0.3, 0.4) is 0 Å². The highest BCUT2D eigenvalue weighted by atomic mass is 14.2. The molecule has 5 aromatic carbocycles. The highest BCUT2D eigenvalue weighted by Gasteiger charge is 2.14. The minimum Gasteiger partial charge on any atom is -0.0871 e. The summed E-state index contributed by atoms with van der Waals surface area (Å²) in [5.41, 5.74) is 6.76. The second-order valence-corrected chi connectivity index (χ2v) is 7.90. The van der Waals surface area contributed by atoms with Gasteiger partial charge in [0.2, 0.25) is 0 Å². The van der Waals surface area contributed by atoms with E-state index in [1.165, 1.54) is 60.1 Å². The Morgan fingerprint density at radius 3 is 2.18 bits per heavy atom. The van der Waals surface area contributed by atoms with Crippen LogP contribution < -0.4 is 0 Å². The van der Waals surface area contributed by atoms with Crippen molar-refractivity contribution in [2.24, 2.45) is 0 Å². The van der Waals surface area contributed by atoms with Gasteiger partial charge in [-0.2, -0.15) is 0 Å². The smallest absolute Gasteiger partial charge is 0.00193 e. The SMILES string of the molecule is CC=Cc1ccc(Cc2cc3ccc(C)c4ccc5ccc(C)c2c5c34)cc1. The largest absolute Gasteiger partial charge is 0.0871 e. The number of rotatable bonds is 3. The fraction of sp³-hybridized carbons (Fsp3) is 0.143. The van der Waals surface area contributed by atoms with Gasteiger partial charge < -0.3 is 0 Å². The van der Waals surface area contributed by atoms with Crippen LogP contribution in [0.15, 0.2) is 72.8 Å². The molecule has 0 N–H and O–H groups in total. The molecule has 0 saturated heterocycles. The lowest BCUT2D eigenvalue weighted by atomic mass is 9.86. The van der Waals surface area contributed by atoms with Gasteiger partial charge in [-0.05, 0) is 87.3 Å². The van der Waals surface area contributed by atoms with Gasteiger partial charge in [0, 0.05) is 0 Å². The maximum Gasteiger partial charge on any atom is -0.00193 e. The molecule has 136 valence electrons. The predicted molar refractivity (Wildman–Crippen MR) is 124 cm³/mol. The molecule has 0 radical (unpaired) electrons. The van der Waals surface area contributed by atoms with E-state index in [0.717, 1.165) is 6.42 Å². The monoisotopic (exact) mass is 360 g/mol. The second-order valence-electron chi connectivity index (χ2n) is 7.90. The summed E-state index contributed by atoms with van der Waals surface area (Å²) < 4.78 is 0. The Bertz CT molecular complexity index is 1330. The van der Waals surface area contributed by atoms with E-state index in [4.69, 9.17) is 0 Å². The molecule has 5 rings (SSSR count). The van der Waals surface area contributed by atoms with Crippen LogP contribution in [0.4, 0.5) is 0 Å². The summed E-state index contributed by atoms with van der Waals surface area (Å²) >= 11 is 0. The molecule has 0 heteroatoms. The molecule has 0 heterocycles. The summed E-state index contributed by atoms with van der Waals surface area (Å²) in [6.45, 7) is 6.52. The Kier molecular flexibility index (Phi) is 3.94. The maximum absolute atomic E-state index is 2.41. The van der Waals surface area contributed by atoms with Crippen LogP contribution >= 0.6 is 0 Å². The van der Waals surface area contributed by atoms with E-state index >= 15 is 0 Å². The lowest BCUT2D eigenvalue weighted by Gasteiger charge is -2.18. The number of allylic oxidation sites excluding steroid dienone is 1. The molecular formula is C28H24. The quantitative estimate of drug-likeness (QED) is 0.288. The molecule has 0 amide bonds. The highest BCUT2D eigenvalue weighted by molar-refractivity contribution is 6.25. The van der Waals surface area contributed by atoms with Crippen molar-refractivity contribution in [1.82, 2.24) is 0 Å². The third-order valence-electron chi connectivity index (χ3n) is 6.01. The normalized spacial score (nSPS) is 12.1. The highest BCUT2D eigenvalue weighted by Crippen LogP contribution is 2.39.